The molecular formula is C26H29N3O7S2. The molecule has 3 aromatic rings. The second-order valence-electron chi connectivity index (χ2n) is 9.03. The number of rotatable bonds is 9. The quantitative estimate of drug-likeness (QED) is 0.388. The molecule has 10 nitrogen and oxygen atoms in total. The molecule has 1 unspecified atom stereocenters. The molecular weight excluding hydrogens is 530 g/mol. The highest BCUT2D eigenvalue weighted by atomic mass is 32.2. The molecule has 0 spiro atoms. The standard InChI is InChI=1S/C26H29N3O7S2/c1-3-29(16(2)30)38(34,35)20-12-9-17(10-13-20)23(36-19-7-5-4-6-8-19)24(31)28-26-27-21-14-11-18(25(32)33)15-22(21)37-26/h9-15,19,23H,3-8H2,1-2H3,(H,32,33)(H,27,28,31). The van der Waals surface area contributed by atoms with Crippen molar-refractivity contribution in [1.29, 1.82) is 0 Å². The number of ether oxygens (including phenoxy) is 1. The number of amides is 2. The summed E-state index contributed by atoms with van der Waals surface area (Å²) in [5.41, 5.74) is 1.15. The molecule has 2 aromatic carbocycles. The molecule has 0 aliphatic heterocycles. The molecule has 1 aliphatic carbocycles. The molecule has 2 N–H and O–H groups in total. The van der Waals surface area contributed by atoms with E-state index in [1.54, 1.807) is 13.0 Å². The van der Waals surface area contributed by atoms with Gasteiger partial charge in [0.05, 0.1) is 26.8 Å². The third-order valence-corrected chi connectivity index (χ3v) is 9.29. The summed E-state index contributed by atoms with van der Waals surface area (Å²) in [6, 6.07) is 10.3. The number of carbonyl (C=O) groups excluding carboxylic acids is 2. The number of nitrogens with one attached hydrogen (secondary N) is 1. The van der Waals surface area contributed by atoms with Crippen LogP contribution in [0.4, 0.5) is 5.13 Å². The van der Waals surface area contributed by atoms with Gasteiger partial charge in [-0.15, -0.1) is 0 Å². The number of hydrogen-bond acceptors (Lipinski definition) is 8. The van der Waals surface area contributed by atoms with Crippen molar-refractivity contribution in [2.45, 2.75) is 63.1 Å². The van der Waals surface area contributed by atoms with Crippen LogP contribution in [-0.4, -0.2) is 53.2 Å². The minimum absolute atomic E-state index is 0.00532. The van der Waals surface area contributed by atoms with Crippen molar-refractivity contribution < 1.29 is 32.6 Å². The molecule has 12 heteroatoms. The maximum atomic E-state index is 13.4. The van der Waals surface area contributed by atoms with Gasteiger partial charge in [-0.05, 0) is 55.7 Å². The Kier molecular flexibility index (Phi) is 8.44. The lowest BCUT2D eigenvalue weighted by Crippen LogP contribution is -2.35. The van der Waals surface area contributed by atoms with Gasteiger partial charge in [0, 0.05) is 13.5 Å². The number of aromatic carboxylic acids is 1. The van der Waals surface area contributed by atoms with Gasteiger partial charge in [-0.1, -0.05) is 42.7 Å². The van der Waals surface area contributed by atoms with Crippen LogP contribution in [0.15, 0.2) is 47.4 Å². The average molecular weight is 560 g/mol. The van der Waals surface area contributed by atoms with Gasteiger partial charge in [0.15, 0.2) is 11.2 Å². The molecule has 2 amide bonds. The second kappa shape index (κ2) is 11.6. The van der Waals surface area contributed by atoms with Crippen molar-refractivity contribution in [1.82, 2.24) is 9.29 Å². The molecule has 38 heavy (non-hydrogen) atoms. The highest BCUT2D eigenvalue weighted by Crippen LogP contribution is 2.31. The van der Waals surface area contributed by atoms with E-state index < -0.39 is 33.9 Å². The molecule has 0 saturated heterocycles. The molecule has 0 radical (unpaired) electrons. The fraction of sp³-hybridized carbons (Fsp3) is 0.385. The topological polar surface area (TPSA) is 143 Å². The van der Waals surface area contributed by atoms with E-state index in [1.165, 1.54) is 43.3 Å². The Hall–Kier alpha value is -3.35. The number of hydrogen-bond donors (Lipinski definition) is 2. The number of carboxylic acids is 1. The largest absolute Gasteiger partial charge is 0.478 e. The van der Waals surface area contributed by atoms with E-state index in [-0.39, 0.29) is 23.1 Å². The summed E-state index contributed by atoms with van der Waals surface area (Å²) in [7, 11) is -4.02. The third kappa shape index (κ3) is 6.03. The molecule has 1 saturated carbocycles. The molecule has 4 rings (SSSR count). The Morgan fingerprint density at radius 3 is 2.42 bits per heavy atom. The number of benzene rings is 2. The predicted molar refractivity (Wildman–Crippen MR) is 143 cm³/mol. The summed E-state index contributed by atoms with van der Waals surface area (Å²) >= 11 is 1.15. The number of fused-ring (bicyclic) bond motifs is 1. The van der Waals surface area contributed by atoms with Crippen LogP contribution >= 0.6 is 11.3 Å². The van der Waals surface area contributed by atoms with Gasteiger partial charge >= 0.3 is 5.97 Å². The zero-order valence-corrected chi connectivity index (χ0v) is 22.7. The van der Waals surface area contributed by atoms with Gasteiger partial charge in [0.25, 0.3) is 15.9 Å². The molecule has 1 heterocycles. The van der Waals surface area contributed by atoms with Crippen LogP contribution in [0, 0.1) is 0 Å². The first-order valence-electron chi connectivity index (χ1n) is 12.3. The van der Waals surface area contributed by atoms with Crippen molar-refractivity contribution in [3.05, 3.63) is 53.6 Å². The fourth-order valence-corrected chi connectivity index (χ4v) is 6.79. The Bertz CT molecular complexity index is 1450. The second-order valence-corrected chi connectivity index (χ2v) is 11.9. The van der Waals surface area contributed by atoms with Crippen molar-refractivity contribution in [2.75, 3.05) is 11.9 Å². The fourth-order valence-electron chi connectivity index (χ4n) is 4.47. The van der Waals surface area contributed by atoms with Gasteiger partial charge in [-0.25, -0.2) is 22.5 Å². The van der Waals surface area contributed by atoms with Crippen LogP contribution in [-0.2, 0) is 24.3 Å². The lowest BCUT2D eigenvalue weighted by molar-refractivity contribution is -0.133. The molecule has 1 aromatic heterocycles. The number of anilines is 1. The van der Waals surface area contributed by atoms with Crippen molar-refractivity contribution in [2.24, 2.45) is 0 Å². The zero-order chi connectivity index (χ0) is 27.4. The average Bonchev–Trinajstić information content (AvgIpc) is 3.29. The van der Waals surface area contributed by atoms with E-state index >= 15 is 0 Å². The van der Waals surface area contributed by atoms with Crippen LogP contribution in [0.3, 0.4) is 0 Å². The summed E-state index contributed by atoms with van der Waals surface area (Å²) in [6.45, 7) is 2.78. The summed E-state index contributed by atoms with van der Waals surface area (Å²) < 4.78 is 33.4. The number of carbonyl (C=O) groups is 3. The summed E-state index contributed by atoms with van der Waals surface area (Å²) in [4.78, 5) is 40.8. The van der Waals surface area contributed by atoms with Gasteiger partial charge in [0.1, 0.15) is 0 Å². The number of sulfonamides is 1. The van der Waals surface area contributed by atoms with E-state index in [2.05, 4.69) is 10.3 Å². The van der Waals surface area contributed by atoms with Crippen molar-refractivity contribution >= 4 is 54.5 Å². The first kappa shape index (κ1) is 27.7. The summed E-state index contributed by atoms with van der Waals surface area (Å²) in [5, 5.41) is 12.3. The lowest BCUT2D eigenvalue weighted by Gasteiger charge is -2.27. The maximum absolute atomic E-state index is 13.4. The molecule has 202 valence electrons. The lowest BCUT2D eigenvalue weighted by atomic mass is 9.97. The van der Waals surface area contributed by atoms with E-state index in [4.69, 9.17) is 4.74 Å². The number of carboxylic acid groups (broad SMARTS) is 1. The highest BCUT2D eigenvalue weighted by Gasteiger charge is 2.29. The normalized spacial score (nSPS) is 15.2. The number of aromatic nitrogens is 1. The smallest absolute Gasteiger partial charge is 0.335 e. The van der Waals surface area contributed by atoms with E-state index in [0.29, 0.717) is 20.9 Å². The van der Waals surface area contributed by atoms with Crippen molar-refractivity contribution in [3.8, 4) is 0 Å². The third-order valence-electron chi connectivity index (χ3n) is 6.39. The first-order chi connectivity index (χ1) is 18.1. The highest BCUT2D eigenvalue weighted by molar-refractivity contribution is 7.89. The van der Waals surface area contributed by atoms with E-state index in [0.717, 1.165) is 47.7 Å². The molecule has 1 fully saturated rings. The Morgan fingerprint density at radius 2 is 1.82 bits per heavy atom. The van der Waals surface area contributed by atoms with E-state index in [9.17, 15) is 27.9 Å². The van der Waals surface area contributed by atoms with Crippen LogP contribution in [0.25, 0.3) is 10.2 Å². The monoisotopic (exact) mass is 559 g/mol. The minimum atomic E-state index is -4.02. The van der Waals surface area contributed by atoms with Crippen LogP contribution < -0.4 is 5.32 Å². The number of nitrogens with zero attached hydrogens (tertiary/aromatic N) is 2. The summed E-state index contributed by atoms with van der Waals surface area (Å²) in [6.07, 6.45) is 3.60. The maximum Gasteiger partial charge on any atom is 0.335 e. The number of thiazole rings is 1. The van der Waals surface area contributed by atoms with Crippen LogP contribution in [0.5, 0.6) is 0 Å². The van der Waals surface area contributed by atoms with Gasteiger partial charge in [-0.3, -0.25) is 14.9 Å². The summed E-state index contributed by atoms with van der Waals surface area (Å²) in [5.74, 6) is -2.11. The minimum Gasteiger partial charge on any atom is -0.478 e. The van der Waals surface area contributed by atoms with Gasteiger partial charge < -0.3 is 9.84 Å². The Morgan fingerprint density at radius 1 is 1.13 bits per heavy atom. The van der Waals surface area contributed by atoms with Crippen LogP contribution in [0.2, 0.25) is 0 Å². The van der Waals surface area contributed by atoms with E-state index in [1.807, 2.05) is 0 Å². The van der Waals surface area contributed by atoms with Crippen molar-refractivity contribution in [3.63, 3.8) is 0 Å². The molecule has 0 bridgehead atoms. The zero-order valence-electron chi connectivity index (χ0n) is 21.0. The Balaban J connectivity index is 1.61. The Labute approximate surface area is 224 Å². The SMILES string of the molecule is CCN(C(C)=O)S(=O)(=O)c1ccc(C(OC2CCCCC2)C(=O)Nc2nc3ccc(C(=O)O)cc3s2)cc1. The van der Waals surface area contributed by atoms with Gasteiger partial charge in [0.2, 0.25) is 5.91 Å². The van der Waals surface area contributed by atoms with Gasteiger partial charge in [-0.2, -0.15) is 0 Å². The molecule has 1 atom stereocenters. The first-order valence-corrected chi connectivity index (χ1v) is 14.6. The predicted octanol–water partition coefficient (Wildman–Crippen LogP) is 4.58. The molecule has 1 aliphatic rings. The van der Waals surface area contributed by atoms with Crippen LogP contribution in [0.1, 0.15) is 68.0 Å².